The SMILES string of the molecule is N=C(N)/C=C\NC1O[C@@H](CO)[C@H](O)[C@H]1O. The summed E-state index contributed by atoms with van der Waals surface area (Å²) < 4.78 is 5.09. The van der Waals surface area contributed by atoms with Gasteiger partial charge in [-0.25, -0.2) is 0 Å². The second-order valence-electron chi connectivity index (χ2n) is 3.21. The van der Waals surface area contributed by atoms with Crippen LogP contribution in [0.2, 0.25) is 0 Å². The maximum absolute atomic E-state index is 9.46. The summed E-state index contributed by atoms with van der Waals surface area (Å²) in [5.74, 6) is -0.144. The van der Waals surface area contributed by atoms with Crippen molar-refractivity contribution in [1.82, 2.24) is 5.32 Å². The van der Waals surface area contributed by atoms with E-state index in [0.717, 1.165) is 0 Å². The summed E-state index contributed by atoms with van der Waals surface area (Å²) in [5, 5.41) is 37.1. The summed E-state index contributed by atoms with van der Waals surface area (Å²) in [6.07, 6.45) is -1.26. The Balaban J connectivity index is 2.47. The number of rotatable bonds is 4. The van der Waals surface area contributed by atoms with Gasteiger partial charge in [-0.15, -0.1) is 0 Å². The maximum Gasteiger partial charge on any atom is 0.156 e. The fourth-order valence-corrected chi connectivity index (χ4v) is 1.27. The van der Waals surface area contributed by atoms with Crippen molar-refractivity contribution in [3.05, 3.63) is 12.3 Å². The van der Waals surface area contributed by atoms with Gasteiger partial charge in [0.25, 0.3) is 0 Å². The number of aliphatic hydroxyl groups excluding tert-OH is 3. The molecule has 0 bridgehead atoms. The first-order valence-corrected chi connectivity index (χ1v) is 4.45. The number of ether oxygens (including phenoxy) is 1. The van der Waals surface area contributed by atoms with Crippen molar-refractivity contribution < 1.29 is 20.1 Å². The quantitative estimate of drug-likeness (QED) is 0.227. The largest absolute Gasteiger partial charge is 0.394 e. The van der Waals surface area contributed by atoms with E-state index in [1.54, 1.807) is 0 Å². The molecule has 0 spiro atoms. The molecule has 7 N–H and O–H groups in total. The normalized spacial score (nSPS) is 35.9. The van der Waals surface area contributed by atoms with Crippen LogP contribution in [0.5, 0.6) is 0 Å². The molecule has 15 heavy (non-hydrogen) atoms. The smallest absolute Gasteiger partial charge is 0.156 e. The molecule has 0 saturated carbocycles. The number of hydrogen-bond acceptors (Lipinski definition) is 6. The van der Waals surface area contributed by atoms with Crippen LogP contribution in [0.15, 0.2) is 12.3 Å². The number of amidine groups is 1. The van der Waals surface area contributed by atoms with Gasteiger partial charge in [0, 0.05) is 6.20 Å². The van der Waals surface area contributed by atoms with Crippen LogP contribution < -0.4 is 11.1 Å². The van der Waals surface area contributed by atoms with E-state index in [9.17, 15) is 10.2 Å². The van der Waals surface area contributed by atoms with E-state index >= 15 is 0 Å². The molecule has 1 heterocycles. The Hall–Kier alpha value is -1.15. The third-order valence-electron chi connectivity index (χ3n) is 2.07. The van der Waals surface area contributed by atoms with Crippen LogP contribution in [-0.4, -0.2) is 52.3 Å². The predicted octanol–water partition coefficient (Wildman–Crippen LogP) is -2.54. The van der Waals surface area contributed by atoms with Gasteiger partial charge >= 0.3 is 0 Å². The van der Waals surface area contributed by atoms with Crippen molar-refractivity contribution >= 4 is 5.84 Å². The van der Waals surface area contributed by atoms with Gasteiger partial charge in [-0.2, -0.15) is 0 Å². The van der Waals surface area contributed by atoms with E-state index in [0.29, 0.717) is 0 Å². The summed E-state index contributed by atoms with van der Waals surface area (Å²) in [6, 6.07) is 0. The van der Waals surface area contributed by atoms with Gasteiger partial charge < -0.3 is 31.1 Å². The molecule has 4 atom stereocenters. The molecule has 86 valence electrons. The summed E-state index contributed by atoms with van der Waals surface area (Å²) in [5.41, 5.74) is 5.06. The molecular weight excluding hydrogens is 202 g/mol. The Morgan fingerprint density at radius 1 is 1.47 bits per heavy atom. The molecule has 1 aliphatic heterocycles. The van der Waals surface area contributed by atoms with E-state index in [-0.39, 0.29) is 12.4 Å². The minimum absolute atomic E-state index is 0.144. The minimum atomic E-state index is -1.13. The van der Waals surface area contributed by atoms with Crippen LogP contribution in [-0.2, 0) is 4.74 Å². The first kappa shape index (κ1) is 11.9. The summed E-state index contributed by atoms with van der Waals surface area (Å²) in [4.78, 5) is 0. The van der Waals surface area contributed by atoms with Gasteiger partial charge in [0.2, 0.25) is 0 Å². The predicted molar refractivity (Wildman–Crippen MR) is 52.0 cm³/mol. The Morgan fingerprint density at radius 2 is 2.13 bits per heavy atom. The van der Waals surface area contributed by atoms with Crippen LogP contribution in [0.3, 0.4) is 0 Å². The van der Waals surface area contributed by atoms with Crippen LogP contribution in [0.4, 0.5) is 0 Å². The lowest BCUT2D eigenvalue weighted by Gasteiger charge is -2.14. The molecule has 0 aliphatic carbocycles. The average molecular weight is 217 g/mol. The van der Waals surface area contributed by atoms with E-state index in [2.05, 4.69) is 5.32 Å². The van der Waals surface area contributed by atoms with Crippen LogP contribution in [0.1, 0.15) is 0 Å². The third-order valence-corrected chi connectivity index (χ3v) is 2.07. The highest BCUT2D eigenvalue weighted by atomic mass is 16.6. The van der Waals surface area contributed by atoms with Crippen LogP contribution in [0.25, 0.3) is 0 Å². The zero-order valence-corrected chi connectivity index (χ0v) is 8.00. The van der Waals surface area contributed by atoms with Crippen molar-refractivity contribution in [3.63, 3.8) is 0 Å². The number of hydrogen-bond donors (Lipinski definition) is 6. The van der Waals surface area contributed by atoms with E-state index in [1.807, 2.05) is 0 Å². The number of aliphatic hydroxyl groups is 3. The summed E-state index contributed by atoms with van der Waals surface area (Å²) >= 11 is 0. The topological polar surface area (TPSA) is 132 Å². The van der Waals surface area contributed by atoms with Crippen molar-refractivity contribution in [3.8, 4) is 0 Å². The molecule has 7 nitrogen and oxygen atoms in total. The molecule has 1 unspecified atom stereocenters. The lowest BCUT2D eigenvalue weighted by atomic mass is 10.1. The highest BCUT2D eigenvalue weighted by Gasteiger charge is 2.41. The molecule has 1 aliphatic rings. The lowest BCUT2D eigenvalue weighted by molar-refractivity contribution is -0.0281. The molecular formula is C8H15N3O4. The molecule has 0 aromatic heterocycles. The van der Waals surface area contributed by atoms with Crippen molar-refractivity contribution in [2.75, 3.05) is 6.61 Å². The Kier molecular flexibility index (Phi) is 4.04. The Morgan fingerprint density at radius 3 is 2.60 bits per heavy atom. The molecule has 1 fully saturated rings. The fourth-order valence-electron chi connectivity index (χ4n) is 1.27. The standard InChI is InChI=1S/C8H15N3O4/c9-5(10)1-2-11-8-7(14)6(13)4(3-12)15-8/h1-2,4,6-8,11-14H,3H2,(H3,9,10)/b2-1-/t4-,6-,7+,8?/m0/s1. The lowest BCUT2D eigenvalue weighted by Crippen LogP contribution is -2.38. The van der Waals surface area contributed by atoms with Gasteiger partial charge in [-0.05, 0) is 6.08 Å². The molecule has 0 amide bonds. The first-order chi connectivity index (χ1) is 7.06. The highest BCUT2D eigenvalue weighted by Crippen LogP contribution is 2.18. The molecule has 1 rings (SSSR count). The minimum Gasteiger partial charge on any atom is -0.394 e. The van der Waals surface area contributed by atoms with E-state index < -0.39 is 24.5 Å². The first-order valence-electron chi connectivity index (χ1n) is 4.45. The zero-order chi connectivity index (χ0) is 11.4. The molecule has 0 radical (unpaired) electrons. The molecule has 0 aromatic rings. The zero-order valence-electron chi connectivity index (χ0n) is 8.00. The molecule has 7 heteroatoms. The van der Waals surface area contributed by atoms with Gasteiger partial charge in [0.15, 0.2) is 6.23 Å². The number of nitrogens with one attached hydrogen (secondary N) is 2. The van der Waals surface area contributed by atoms with E-state index in [1.165, 1.54) is 12.3 Å². The second-order valence-corrected chi connectivity index (χ2v) is 3.21. The van der Waals surface area contributed by atoms with Gasteiger partial charge in [0.1, 0.15) is 24.1 Å². The number of nitrogens with two attached hydrogens (primary N) is 1. The average Bonchev–Trinajstić information content (AvgIpc) is 2.45. The van der Waals surface area contributed by atoms with E-state index in [4.69, 9.17) is 21.0 Å². The van der Waals surface area contributed by atoms with Gasteiger partial charge in [-0.1, -0.05) is 0 Å². The molecule has 1 saturated heterocycles. The van der Waals surface area contributed by atoms with Crippen molar-refractivity contribution in [2.24, 2.45) is 5.73 Å². The van der Waals surface area contributed by atoms with Crippen LogP contribution in [0, 0.1) is 5.41 Å². The summed E-state index contributed by atoms with van der Waals surface area (Å²) in [7, 11) is 0. The third kappa shape index (κ3) is 2.90. The summed E-state index contributed by atoms with van der Waals surface area (Å²) in [6.45, 7) is -0.368. The van der Waals surface area contributed by atoms with Crippen molar-refractivity contribution in [1.29, 1.82) is 5.41 Å². The maximum atomic E-state index is 9.46. The highest BCUT2D eigenvalue weighted by molar-refractivity contribution is 5.88. The Bertz CT molecular complexity index is 258. The Labute approximate surface area is 86.7 Å². The van der Waals surface area contributed by atoms with Crippen molar-refractivity contribution in [2.45, 2.75) is 24.5 Å². The molecule has 0 aromatic carbocycles. The fraction of sp³-hybridized carbons (Fsp3) is 0.625. The monoisotopic (exact) mass is 217 g/mol. The second kappa shape index (κ2) is 5.08. The van der Waals surface area contributed by atoms with Crippen LogP contribution >= 0.6 is 0 Å². The van der Waals surface area contributed by atoms with Gasteiger partial charge in [-0.3, -0.25) is 5.41 Å². The van der Waals surface area contributed by atoms with Gasteiger partial charge in [0.05, 0.1) is 6.61 Å².